The second-order valence-electron chi connectivity index (χ2n) is 6.01. The summed E-state index contributed by atoms with van der Waals surface area (Å²) in [6.07, 6.45) is 5.06. The number of aryl methyl sites for hydroxylation is 1. The number of H-pyrrole nitrogens is 1. The number of nitrogens with zero attached hydrogens (tertiary/aromatic N) is 1. The van der Waals surface area contributed by atoms with Crippen LogP contribution in [0.1, 0.15) is 53.5 Å². The highest BCUT2D eigenvalue weighted by molar-refractivity contribution is 7.08. The summed E-state index contributed by atoms with van der Waals surface area (Å²) >= 11 is 1.67. The number of thiophene rings is 1. The molecule has 0 aliphatic heterocycles. The van der Waals surface area contributed by atoms with Gasteiger partial charge in [0.1, 0.15) is 11.5 Å². The molecule has 3 heterocycles. The van der Waals surface area contributed by atoms with Crippen molar-refractivity contribution in [1.82, 2.24) is 9.97 Å². The highest BCUT2D eigenvalue weighted by Gasteiger charge is 2.10. The zero-order valence-electron chi connectivity index (χ0n) is 18.6. The lowest BCUT2D eigenvalue weighted by Gasteiger charge is -2.04. The molecule has 0 unspecified atom stereocenters. The van der Waals surface area contributed by atoms with Gasteiger partial charge in [-0.25, -0.2) is 9.37 Å². The van der Waals surface area contributed by atoms with E-state index in [0.717, 1.165) is 27.7 Å². The molecule has 4 heteroatoms. The Morgan fingerprint density at radius 1 is 0.966 bits per heavy atom. The molecule has 156 valence electrons. The van der Waals surface area contributed by atoms with Gasteiger partial charge in [0.25, 0.3) is 0 Å². The Kier molecular flexibility index (Phi) is 10.9. The Hall–Kier alpha value is -2.46. The fraction of sp³-hybridized carbons (Fsp3) is 0.320. The molecule has 0 bridgehead atoms. The smallest absolute Gasteiger partial charge is 0.137 e. The van der Waals surface area contributed by atoms with Crippen LogP contribution in [0.25, 0.3) is 33.3 Å². The van der Waals surface area contributed by atoms with Gasteiger partial charge in [-0.05, 0) is 58.6 Å². The molecule has 0 aliphatic carbocycles. The number of nitrogens with one attached hydrogen (secondary N) is 1. The fourth-order valence-corrected chi connectivity index (χ4v) is 3.31. The summed E-state index contributed by atoms with van der Waals surface area (Å²) < 4.78 is 13.5. The van der Waals surface area contributed by atoms with Crippen molar-refractivity contribution in [3.63, 3.8) is 0 Å². The van der Waals surface area contributed by atoms with Crippen molar-refractivity contribution in [2.45, 2.75) is 54.9 Å². The van der Waals surface area contributed by atoms with E-state index < -0.39 is 0 Å². The van der Waals surface area contributed by atoms with Crippen molar-refractivity contribution < 1.29 is 4.39 Å². The minimum atomic E-state index is -0.180. The van der Waals surface area contributed by atoms with Crippen molar-refractivity contribution in [2.75, 3.05) is 0 Å². The molecule has 1 aromatic carbocycles. The third-order valence-electron chi connectivity index (χ3n) is 3.85. The number of halogens is 1. The van der Waals surface area contributed by atoms with Crippen molar-refractivity contribution in [1.29, 1.82) is 0 Å². The quantitative estimate of drug-likeness (QED) is 0.350. The summed E-state index contributed by atoms with van der Waals surface area (Å²) in [5.74, 6) is -0.180. The topological polar surface area (TPSA) is 28.7 Å². The average Bonchev–Trinajstić information content (AvgIpc) is 3.43. The minimum absolute atomic E-state index is 0.180. The Labute approximate surface area is 178 Å². The van der Waals surface area contributed by atoms with Crippen LogP contribution < -0.4 is 0 Å². The van der Waals surface area contributed by atoms with Crippen LogP contribution in [0.5, 0.6) is 0 Å². The molecule has 4 aromatic rings. The van der Waals surface area contributed by atoms with Crippen molar-refractivity contribution in [2.24, 2.45) is 0 Å². The second-order valence-corrected chi connectivity index (χ2v) is 6.79. The summed E-state index contributed by atoms with van der Waals surface area (Å²) in [5.41, 5.74) is 5.79. The van der Waals surface area contributed by atoms with Gasteiger partial charge in [0.2, 0.25) is 0 Å². The van der Waals surface area contributed by atoms with Gasteiger partial charge in [-0.15, -0.1) is 0 Å². The molecular weight excluding hydrogens is 379 g/mol. The number of aromatic amines is 1. The van der Waals surface area contributed by atoms with E-state index in [9.17, 15) is 4.39 Å². The maximum absolute atomic E-state index is 13.5. The summed E-state index contributed by atoms with van der Waals surface area (Å²) in [7, 11) is 0. The largest absolute Gasteiger partial charge is 0.346 e. The first-order valence-corrected chi connectivity index (χ1v) is 11.3. The Bertz CT molecular complexity index is 972. The molecule has 0 atom stereocenters. The predicted octanol–water partition coefficient (Wildman–Crippen LogP) is 8.87. The molecule has 1 N–H and O–H groups in total. The third kappa shape index (κ3) is 6.26. The number of aromatic nitrogens is 2. The van der Waals surface area contributed by atoms with E-state index in [1.807, 2.05) is 52.2 Å². The van der Waals surface area contributed by atoms with Crippen LogP contribution in [0.3, 0.4) is 0 Å². The lowest BCUT2D eigenvalue weighted by Crippen LogP contribution is -1.84. The number of fused-ring (bicyclic) bond motifs is 1. The molecule has 0 amide bonds. The molecule has 0 saturated heterocycles. The molecule has 29 heavy (non-hydrogen) atoms. The maximum atomic E-state index is 13.5. The van der Waals surface area contributed by atoms with Gasteiger partial charge in [-0.2, -0.15) is 11.3 Å². The lowest BCUT2D eigenvalue weighted by atomic mass is 10.0. The Morgan fingerprint density at radius 2 is 1.66 bits per heavy atom. The van der Waals surface area contributed by atoms with Gasteiger partial charge in [0.05, 0.1) is 0 Å². The van der Waals surface area contributed by atoms with Crippen LogP contribution in [-0.4, -0.2) is 9.97 Å². The standard InChI is InChI=1S/C18H13FN2S.C3H8.2C2H6/c1-11-6-12(2-3-17(11)19)16-9-21-18-15(16)7-14(8-20-18)13-4-5-22-10-13;1-3-2;2*1-2/h2-10H,1H3,(H,20,21);3H2,1-2H3;2*1-2H3. The molecule has 0 aliphatic rings. The molecule has 4 rings (SSSR count). The van der Waals surface area contributed by atoms with Crippen molar-refractivity contribution >= 4 is 22.4 Å². The van der Waals surface area contributed by atoms with Crippen molar-refractivity contribution in [3.05, 3.63) is 64.9 Å². The van der Waals surface area contributed by atoms with Crippen LogP contribution in [0.2, 0.25) is 0 Å². The first-order chi connectivity index (χ1) is 14.1. The summed E-state index contributed by atoms with van der Waals surface area (Å²) in [6, 6.07) is 9.41. The molecule has 0 spiro atoms. The van der Waals surface area contributed by atoms with Crippen molar-refractivity contribution in [3.8, 4) is 22.3 Å². The van der Waals surface area contributed by atoms with Crippen LogP contribution in [0.4, 0.5) is 4.39 Å². The molecule has 0 radical (unpaired) electrons. The van der Waals surface area contributed by atoms with E-state index in [1.54, 1.807) is 18.3 Å². The van der Waals surface area contributed by atoms with E-state index in [-0.39, 0.29) is 5.82 Å². The number of hydrogen-bond donors (Lipinski definition) is 1. The molecule has 0 saturated carbocycles. The number of pyridine rings is 1. The zero-order chi connectivity index (χ0) is 21.8. The van der Waals surface area contributed by atoms with Gasteiger partial charge in [0.15, 0.2) is 0 Å². The van der Waals surface area contributed by atoms with Gasteiger partial charge in [-0.3, -0.25) is 0 Å². The molecular formula is C25H33FN2S. The van der Waals surface area contributed by atoms with E-state index in [1.165, 1.54) is 18.1 Å². The molecule has 0 fully saturated rings. The van der Waals surface area contributed by atoms with E-state index in [0.29, 0.717) is 5.56 Å². The van der Waals surface area contributed by atoms with Crippen LogP contribution in [-0.2, 0) is 0 Å². The highest BCUT2D eigenvalue weighted by atomic mass is 32.1. The average molecular weight is 413 g/mol. The van der Waals surface area contributed by atoms with E-state index in [2.05, 4.69) is 46.7 Å². The van der Waals surface area contributed by atoms with Crippen LogP contribution in [0, 0.1) is 12.7 Å². The molecule has 2 nitrogen and oxygen atoms in total. The maximum Gasteiger partial charge on any atom is 0.137 e. The summed E-state index contributed by atoms with van der Waals surface area (Å²) in [5, 5.41) is 5.22. The first kappa shape index (κ1) is 24.6. The SMILES string of the molecule is CC.CC.CCC.Cc1cc(-c2c[nH]c3ncc(-c4ccsc4)cc23)ccc1F. The first-order valence-electron chi connectivity index (χ1n) is 10.4. The minimum Gasteiger partial charge on any atom is -0.346 e. The van der Waals surface area contributed by atoms with E-state index in [4.69, 9.17) is 0 Å². The number of rotatable bonds is 2. The second kappa shape index (κ2) is 12.9. The summed E-state index contributed by atoms with van der Waals surface area (Å²) in [4.78, 5) is 7.69. The monoisotopic (exact) mass is 412 g/mol. The van der Waals surface area contributed by atoms with E-state index >= 15 is 0 Å². The highest BCUT2D eigenvalue weighted by Crippen LogP contribution is 2.32. The van der Waals surface area contributed by atoms with Gasteiger partial charge in [0, 0.05) is 28.9 Å². The fourth-order valence-electron chi connectivity index (χ4n) is 2.64. The number of benzene rings is 1. The molecule has 3 aromatic heterocycles. The normalized spacial score (nSPS) is 9.52. The van der Waals surface area contributed by atoms with Gasteiger partial charge >= 0.3 is 0 Å². The lowest BCUT2D eigenvalue weighted by molar-refractivity contribution is 0.619. The summed E-state index contributed by atoms with van der Waals surface area (Å²) in [6.45, 7) is 14.0. The predicted molar refractivity (Wildman–Crippen MR) is 128 cm³/mol. The van der Waals surface area contributed by atoms with Gasteiger partial charge in [-0.1, -0.05) is 54.0 Å². The van der Waals surface area contributed by atoms with Crippen LogP contribution >= 0.6 is 11.3 Å². The number of hydrogen-bond acceptors (Lipinski definition) is 2. The Balaban J connectivity index is 0.000000540. The van der Waals surface area contributed by atoms with Gasteiger partial charge < -0.3 is 4.98 Å². The third-order valence-corrected chi connectivity index (χ3v) is 4.54. The van der Waals surface area contributed by atoms with Crippen LogP contribution in [0.15, 0.2) is 53.5 Å². The Morgan fingerprint density at radius 3 is 2.24 bits per heavy atom. The zero-order valence-corrected chi connectivity index (χ0v) is 19.5.